The number of hydrogen-bond acceptors (Lipinski definition) is 5. The second-order valence-electron chi connectivity index (χ2n) is 7.46. The third-order valence-electron chi connectivity index (χ3n) is 5.85. The molecule has 144 valence electrons. The van der Waals surface area contributed by atoms with Gasteiger partial charge in [-0.15, -0.1) is 11.3 Å². The molecule has 6 nitrogen and oxygen atoms in total. The lowest BCUT2D eigenvalue weighted by Gasteiger charge is -2.43. The van der Waals surface area contributed by atoms with E-state index in [9.17, 15) is 4.79 Å². The van der Waals surface area contributed by atoms with Gasteiger partial charge < -0.3 is 9.64 Å². The summed E-state index contributed by atoms with van der Waals surface area (Å²) in [5.74, 6) is -0.0487. The van der Waals surface area contributed by atoms with Crippen molar-refractivity contribution in [2.75, 3.05) is 19.7 Å². The number of aromatic amines is 1. The fourth-order valence-electron chi connectivity index (χ4n) is 4.28. The molecule has 5 rings (SSSR count). The minimum atomic E-state index is -0.271. The molecule has 4 heterocycles. The second-order valence-corrected chi connectivity index (χ2v) is 8.59. The minimum absolute atomic E-state index is 0.0487. The average Bonchev–Trinajstić information content (AvgIpc) is 3.36. The van der Waals surface area contributed by atoms with E-state index in [1.807, 2.05) is 22.3 Å². The van der Waals surface area contributed by atoms with Gasteiger partial charge in [-0.3, -0.25) is 4.79 Å². The van der Waals surface area contributed by atoms with Gasteiger partial charge in [0.05, 0.1) is 17.9 Å². The molecular weight excluding hydrogens is 372 g/mol. The molecule has 3 aromatic rings. The smallest absolute Gasteiger partial charge is 0.276 e. The minimum Gasteiger partial charge on any atom is -0.370 e. The molecular formula is C21H22N4O2S. The molecule has 1 fully saturated rings. The van der Waals surface area contributed by atoms with Gasteiger partial charge in [0.15, 0.2) is 5.69 Å². The van der Waals surface area contributed by atoms with Crippen molar-refractivity contribution in [2.45, 2.75) is 31.8 Å². The first-order valence-corrected chi connectivity index (χ1v) is 10.5. The number of carbonyl (C=O) groups excluding carboxylic acids is 1. The number of aryl methyl sites for hydroxylation is 1. The largest absolute Gasteiger partial charge is 0.370 e. The van der Waals surface area contributed by atoms with Crippen LogP contribution >= 0.6 is 11.3 Å². The maximum Gasteiger partial charge on any atom is 0.276 e. The van der Waals surface area contributed by atoms with E-state index in [0.29, 0.717) is 24.5 Å². The summed E-state index contributed by atoms with van der Waals surface area (Å²) in [6, 6.07) is 12.8. The first kappa shape index (κ1) is 17.6. The number of hydrogen-bond donors (Lipinski definition) is 1. The monoisotopic (exact) mass is 394 g/mol. The van der Waals surface area contributed by atoms with Crippen molar-refractivity contribution in [3.63, 3.8) is 0 Å². The van der Waals surface area contributed by atoms with Gasteiger partial charge in [-0.25, -0.2) is 0 Å². The lowest BCUT2D eigenvalue weighted by Crippen LogP contribution is -2.48. The summed E-state index contributed by atoms with van der Waals surface area (Å²) in [5, 5.41) is 10.5. The van der Waals surface area contributed by atoms with Crippen LogP contribution in [0.2, 0.25) is 0 Å². The van der Waals surface area contributed by atoms with Gasteiger partial charge in [-0.1, -0.05) is 30.3 Å². The molecule has 1 saturated heterocycles. The average molecular weight is 394 g/mol. The maximum absolute atomic E-state index is 12.8. The molecule has 1 amide bonds. The number of aromatic nitrogens is 3. The summed E-state index contributed by atoms with van der Waals surface area (Å²) < 4.78 is 6.36. The van der Waals surface area contributed by atoms with Crippen LogP contribution in [-0.2, 0) is 16.8 Å². The van der Waals surface area contributed by atoms with E-state index in [0.717, 1.165) is 25.9 Å². The molecule has 2 aliphatic rings. The molecule has 0 radical (unpaired) electrons. The van der Waals surface area contributed by atoms with Crippen LogP contribution in [0, 0.1) is 6.92 Å². The van der Waals surface area contributed by atoms with E-state index in [2.05, 4.69) is 45.7 Å². The summed E-state index contributed by atoms with van der Waals surface area (Å²) in [4.78, 5) is 17.4. The van der Waals surface area contributed by atoms with E-state index >= 15 is 0 Å². The van der Waals surface area contributed by atoms with Gasteiger partial charge in [-0.2, -0.15) is 15.4 Å². The molecule has 1 N–H and O–H groups in total. The Morgan fingerprint density at radius 2 is 2.00 bits per heavy atom. The van der Waals surface area contributed by atoms with Crippen molar-refractivity contribution < 1.29 is 9.53 Å². The number of amides is 1. The Balaban J connectivity index is 1.39. The van der Waals surface area contributed by atoms with Gasteiger partial charge in [0.1, 0.15) is 0 Å². The van der Waals surface area contributed by atoms with Crippen molar-refractivity contribution in [3.8, 4) is 10.4 Å². The molecule has 1 aromatic carbocycles. The molecule has 7 heteroatoms. The number of thiophene rings is 1. The normalized spacial score (nSPS) is 18.2. The van der Waals surface area contributed by atoms with E-state index in [1.54, 1.807) is 6.92 Å². The first-order chi connectivity index (χ1) is 13.7. The summed E-state index contributed by atoms with van der Waals surface area (Å²) in [6.07, 6.45) is 2.59. The standard InChI is InChI=1S/C21H22N4O2S/c1-14-19(23-24-22-14)20(26)25-10-8-21(9-11-25)16-13-18(15-5-3-2-4-6-15)28-17(16)7-12-27-21/h2-6,13H,7-12H2,1H3,(H,22,23,24). The van der Waals surface area contributed by atoms with Crippen LogP contribution in [-0.4, -0.2) is 45.9 Å². The number of ether oxygens (including phenoxy) is 1. The maximum atomic E-state index is 12.8. The predicted octanol–water partition coefficient (Wildman–Crippen LogP) is 3.55. The fourth-order valence-corrected chi connectivity index (χ4v) is 5.52. The van der Waals surface area contributed by atoms with Crippen LogP contribution in [0.3, 0.4) is 0 Å². The zero-order chi connectivity index (χ0) is 19.1. The quantitative estimate of drug-likeness (QED) is 0.722. The van der Waals surface area contributed by atoms with Crippen LogP contribution in [0.4, 0.5) is 0 Å². The van der Waals surface area contributed by atoms with Crippen LogP contribution < -0.4 is 0 Å². The number of fused-ring (bicyclic) bond motifs is 2. The molecule has 2 aromatic heterocycles. The van der Waals surface area contributed by atoms with Crippen LogP contribution in [0.1, 0.15) is 39.5 Å². The van der Waals surface area contributed by atoms with Gasteiger partial charge in [0, 0.05) is 29.3 Å². The highest BCUT2D eigenvalue weighted by atomic mass is 32.1. The number of carbonyl (C=O) groups is 1. The molecule has 1 spiro atoms. The number of likely N-dealkylation sites (tertiary alicyclic amines) is 1. The van der Waals surface area contributed by atoms with Crippen molar-refractivity contribution in [1.82, 2.24) is 20.3 Å². The van der Waals surface area contributed by atoms with E-state index in [4.69, 9.17) is 4.74 Å². The van der Waals surface area contributed by atoms with Gasteiger partial charge in [-0.05, 0) is 37.0 Å². The first-order valence-electron chi connectivity index (χ1n) is 9.65. The van der Waals surface area contributed by atoms with Crippen molar-refractivity contribution in [1.29, 1.82) is 0 Å². The molecule has 0 unspecified atom stereocenters. The van der Waals surface area contributed by atoms with Gasteiger partial charge >= 0.3 is 0 Å². The summed E-state index contributed by atoms with van der Waals surface area (Å²) in [7, 11) is 0. The Bertz CT molecular complexity index is 1000. The van der Waals surface area contributed by atoms with Crippen molar-refractivity contribution in [2.24, 2.45) is 0 Å². The molecule has 2 aliphatic heterocycles. The highest BCUT2D eigenvalue weighted by Gasteiger charge is 2.43. The second kappa shape index (κ2) is 6.83. The molecule has 0 saturated carbocycles. The Hall–Kier alpha value is -2.51. The Morgan fingerprint density at radius 3 is 2.71 bits per heavy atom. The number of H-pyrrole nitrogens is 1. The van der Waals surface area contributed by atoms with Gasteiger partial charge in [0.2, 0.25) is 0 Å². The zero-order valence-corrected chi connectivity index (χ0v) is 16.6. The molecule has 0 atom stereocenters. The topological polar surface area (TPSA) is 71.1 Å². The Labute approximate surface area is 167 Å². The summed E-state index contributed by atoms with van der Waals surface area (Å²) in [6.45, 7) is 3.88. The predicted molar refractivity (Wildman–Crippen MR) is 107 cm³/mol. The molecule has 0 bridgehead atoms. The van der Waals surface area contributed by atoms with Crippen LogP contribution in [0.25, 0.3) is 10.4 Å². The zero-order valence-electron chi connectivity index (χ0n) is 15.8. The Morgan fingerprint density at radius 1 is 1.21 bits per heavy atom. The lowest BCUT2D eigenvalue weighted by molar-refractivity contribution is -0.0926. The summed E-state index contributed by atoms with van der Waals surface area (Å²) >= 11 is 1.88. The Kier molecular flexibility index (Phi) is 4.29. The van der Waals surface area contributed by atoms with E-state index in [-0.39, 0.29) is 11.5 Å². The van der Waals surface area contributed by atoms with E-state index in [1.165, 1.54) is 20.9 Å². The highest BCUT2D eigenvalue weighted by molar-refractivity contribution is 7.15. The third-order valence-corrected chi connectivity index (χ3v) is 7.09. The number of nitrogens with zero attached hydrogens (tertiary/aromatic N) is 3. The number of piperidine rings is 1. The highest BCUT2D eigenvalue weighted by Crippen LogP contribution is 2.46. The molecule has 0 aliphatic carbocycles. The van der Waals surface area contributed by atoms with Crippen LogP contribution in [0.5, 0.6) is 0 Å². The number of rotatable bonds is 2. The van der Waals surface area contributed by atoms with E-state index < -0.39 is 0 Å². The van der Waals surface area contributed by atoms with Crippen molar-refractivity contribution >= 4 is 17.2 Å². The summed E-state index contributed by atoms with van der Waals surface area (Å²) in [5.41, 5.74) is 3.38. The SMILES string of the molecule is Cc1n[nH]nc1C(=O)N1CCC2(CC1)OCCc1sc(-c3ccccc3)cc12. The van der Waals surface area contributed by atoms with Crippen molar-refractivity contribution in [3.05, 3.63) is 58.2 Å². The fraction of sp³-hybridized carbons (Fsp3) is 0.381. The lowest BCUT2D eigenvalue weighted by atomic mass is 9.82. The number of nitrogens with one attached hydrogen (secondary N) is 1. The molecule has 28 heavy (non-hydrogen) atoms. The van der Waals surface area contributed by atoms with Gasteiger partial charge in [0.25, 0.3) is 5.91 Å². The third kappa shape index (κ3) is 2.86. The van der Waals surface area contributed by atoms with Crippen LogP contribution in [0.15, 0.2) is 36.4 Å². The number of benzene rings is 1.